The Labute approximate surface area is 198 Å². The van der Waals surface area contributed by atoms with E-state index in [-0.39, 0.29) is 12.1 Å². The highest BCUT2D eigenvalue weighted by Crippen LogP contribution is 2.38. The van der Waals surface area contributed by atoms with E-state index in [0.717, 1.165) is 35.6 Å². The highest BCUT2D eigenvalue weighted by Gasteiger charge is 2.26. The molecule has 1 amide bonds. The van der Waals surface area contributed by atoms with Gasteiger partial charge in [-0.2, -0.15) is 0 Å². The number of aromatic nitrogens is 2. The zero-order valence-corrected chi connectivity index (χ0v) is 20.3. The SMILES string of the molecule is COc1cc(OC)c(-c2cn3ccc(N4CCC(NC(=O)OC(C)(C)C)C4)cc3n2)cc1Cl. The summed E-state index contributed by atoms with van der Waals surface area (Å²) in [5, 5.41) is 3.46. The van der Waals surface area contributed by atoms with Crippen LogP contribution in [0.4, 0.5) is 10.5 Å². The predicted octanol–water partition coefficient (Wildman–Crippen LogP) is 4.78. The molecule has 176 valence electrons. The molecule has 1 aliphatic heterocycles. The lowest BCUT2D eigenvalue weighted by molar-refractivity contribution is 0.0509. The molecule has 0 radical (unpaired) electrons. The monoisotopic (exact) mass is 472 g/mol. The van der Waals surface area contributed by atoms with Crippen molar-refractivity contribution in [1.82, 2.24) is 14.7 Å². The van der Waals surface area contributed by atoms with Gasteiger partial charge in [0.2, 0.25) is 0 Å². The molecule has 1 unspecified atom stereocenters. The number of anilines is 1. The van der Waals surface area contributed by atoms with E-state index in [9.17, 15) is 4.79 Å². The summed E-state index contributed by atoms with van der Waals surface area (Å²) in [7, 11) is 3.17. The van der Waals surface area contributed by atoms with E-state index in [4.69, 9.17) is 30.8 Å². The highest BCUT2D eigenvalue weighted by atomic mass is 35.5. The molecule has 2 aromatic heterocycles. The zero-order chi connectivity index (χ0) is 23.8. The van der Waals surface area contributed by atoms with Gasteiger partial charge in [-0.05, 0) is 39.3 Å². The molecule has 1 aliphatic rings. The van der Waals surface area contributed by atoms with Gasteiger partial charge in [0, 0.05) is 48.9 Å². The van der Waals surface area contributed by atoms with Crippen LogP contribution in [0.25, 0.3) is 16.9 Å². The van der Waals surface area contributed by atoms with Gasteiger partial charge in [0.15, 0.2) is 0 Å². The number of nitrogens with one attached hydrogen (secondary N) is 1. The van der Waals surface area contributed by atoms with Crippen molar-refractivity contribution < 1.29 is 19.0 Å². The Morgan fingerprint density at radius 3 is 2.64 bits per heavy atom. The maximum absolute atomic E-state index is 12.1. The molecule has 9 heteroatoms. The first-order chi connectivity index (χ1) is 15.7. The van der Waals surface area contributed by atoms with Crippen LogP contribution in [0, 0.1) is 0 Å². The molecule has 1 fully saturated rings. The number of methoxy groups -OCH3 is 2. The minimum atomic E-state index is -0.511. The normalized spacial score (nSPS) is 16.2. The lowest BCUT2D eigenvalue weighted by Crippen LogP contribution is -2.40. The van der Waals surface area contributed by atoms with Crippen LogP contribution in [0.15, 0.2) is 36.7 Å². The van der Waals surface area contributed by atoms with Crippen LogP contribution in [0.1, 0.15) is 27.2 Å². The van der Waals surface area contributed by atoms with Crippen molar-refractivity contribution in [2.75, 3.05) is 32.2 Å². The summed E-state index contributed by atoms with van der Waals surface area (Å²) in [5.74, 6) is 1.18. The minimum Gasteiger partial charge on any atom is -0.496 e. The summed E-state index contributed by atoms with van der Waals surface area (Å²) in [5.41, 5.74) is 2.88. The fraction of sp³-hybridized carbons (Fsp3) is 0.417. The number of carbonyl (C=O) groups is 1. The number of rotatable bonds is 5. The van der Waals surface area contributed by atoms with Crippen molar-refractivity contribution in [3.8, 4) is 22.8 Å². The second kappa shape index (κ2) is 9.02. The molecule has 0 spiro atoms. The molecule has 4 rings (SSSR count). The molecular formula is C24H29ClN4O4. The molecule has 1 aromatic carbocycles. The standard InChI is InChI=1S/C24H29ClN4O4/c1-24(2,3)33-23(30)26-15-6-8-28(13-15)16-7-9-29-14-19(27-22(29)10-16)17-11-18(25)21(32-5)12-20(17)31-4/h7,9-12,14-15H,6,8,13H2,1-5H3,(H,26,30). The number of pyridine rings is 1. The number of halogens is 1. The van der Waals surface area contributed by atoms with Crippen LogP contribution in [-0.4, -0.2) is 54.4 Å². The van der Waals surface area contributed by atoms with Crippen LogP contribution in [-0.2, 0) is 4.74 Å². The quantitative estimate of drug-likeness (QED) is 0.576. The second-order valence-corrected chi connectivity index (χ2v) is 9.45. The molecule has 1 N–H and O–H groups in total. The van der Waals surface area contributed by atoms with Gasteiger partial charge < -0.3 is 28.8 Å². The third-order valence-corrected chi connectivity index (χ3v) is 5.76. The average molecular weight is 473 g/mol. The summed E-state index contributed by atoms with van der Waals surface area (Å²) in [6, 6.07) is 7.69. The maximum atomic E-state index is 12.1. The smallest absolute Gasteiger partial charge is 0.407 e. The first-order valence-corrected chi connectivity index (χ1v) is 11.2. The summed E-state index contributed by atoms with van der Waals surface area (Å²) in [6.07, 6.45) is 4.39. The van der Waals surface area contributed by atoms with E-state index in [0.29, 0.717) is 23.1 Å². The van der Waals surface area contributed by atoms with Crippen molar-refractivity contribution in [3.05, 3.63) is 41.7 Å². The Kier molecular flexibility index (Phi) is 6.30. The number of hydrogen-bond acceptors (Lipinski definition) is 6. The molecule has 0 bridgehead atoms. The number of benzene rings is 1. The lowest BCUT2D eigenvalue weighted by atomic mass is 10.1. The van der Waals surface area contributed by atoms with E-state index in [2.05, 4.69) is 10.2 Å². The largest absolute Gasteiger partial charge is 0.496 e. The topological polar surface area (TPSA) is 77.3 Å². The Bertz CT molecular complexity index is 1170. The lowest BCUT2D eigenvalue weighted by Gasteiger charge is -2.22. The van der Waals surface area contributed by atoms with Gasteiger partial charge in [-0.3, -0.25) is 0 Å². The van der Waals surface area contributed by atoms with Gasteiger partial charge in [-0.25, -0.2) is 9.78 Å². The highest BCUT2D eigenvalue weighted by molar-refractivity contribution is 6.32. The van der Waals surface area contributed by atoms with Gasteiger partial charge in [0.25, 0.3) is 0 Å². The molecular weight excluding hydrogens is 444 g/mol. The number of hydrogen-bond donors (Lipinski definition) is 1. The summed E-state index contributed by atoms with van der Waals surface area (Å²) in [6.45, 7) is 7.13. The Hall–Kier alpha value is -3.13. The fourth-order valence-electron chi connectivity index (χ4n) is 3.94. The molecule has 1 atom stereocenters. The Morgan fingerprint density at radius 1 is 1.18 bits per heavy atom. The number of ether oxygens (including phenoxy) is 3. The molecule has 3 heterocycles. The number of amides is 1. The van der Waals surface area contributed by atoms with E-state index < -0.39 is 5.60 Å². The molecule has 0 aliphatic carbocycles. The van der Waals surface area contributed by atoms with Gasteiger partial charge in [0.1, 0.15) is 22.7 Å². The fourth-order valence-corrected chi connectivity index (χ4v) is 4.19. The van der Waals surface area contributed by atoms with Crippen molar-refractivity contribution in [2.24, 2.45) is 0 Å². The number of imidazole rings is 1. The van der Waals surface area contributed by atoms with Crippen LogP contribution in [0.3, 0.4) is 0 Å². The van der Waals surface area contributed by atoms with Crippen LogP contribution < -0.4 is 19.7 Å². The van der Waals surface area contributed by atoms with Gasteiger partial charge >= 0.3 is 6.09 Å². The van der Waals surface area contributed by atoms with Crippen LogP contribution in [0.2, 0.25) is 5.02 Å². The number of carbonyl (C=O) groups excluding carboxylic acids is 1. The van der Waals surface area contributed by atoms with Gasteiger partial charge in [-0.1, -0.05) is 11.6 Å². The molecule has 0 saturated carbocycles. The van der Waals surface area contributed by atoms with Crippen LogP contribution >= 0.6 is 11.6 Å². The Balaban J connectivity index is 1.53. The Morgan fingerprint density at radius 2 is 1.94 bits per heavy atom. The number of alkyl carbamates (subject to hydrolysis) is 1. The van der Waals surface area contributed by atoms with Crippen molar-refractivity contribution in [2.45, 2.75) is 38.8 Å². The van der Waals surface area contributed by atoms with E-state index in [1.807, 2.05) is 49.7 Å². The first-order valence-electron chi connectivity index (χ1n) is 10.8. The van der Waals surface area contributed by atoms with Crippen molar-refractivity contribution in [3.63, 3.8) is 0 Å². The molecule has 1 saturated heterocycles. The molecule has 3 aromatic rings. The van der Waals surface area contributed by atoms with Crippen molar-refractivity contribution >= 4 is 29.0 Å². The van der Waals surface area contributed by atoms with E-state index in [1.54, 1.807) is 26.4 Å². The van der Waals surface area contributed by atoms with E-state index >= 15 is 0 Å². The summed E-state index contributed by atoms with van der Waals surface area (Å²) in [4.78, 5) is 19.1. The van der Waals surface area contributed by atoms with Gasteiger partial charge in [-0.15, -0.1) is 0 Å². The van der Waals surface area contributed by atoms with Crippen LogP contribution in [0.5, 0.6) is 11.5 Å². The minimum absolute atomic E-state index is 0.0390. The molecule has 8 nitrogen and oxygen atoms in total. The predicted molar refractivity (Wildman–Crippen MR) is 129 cm³/mol. The van der Waals surface area contributed by atoms with E-state index in [1.165, 1.54) is 0 Å². The molecule has 33 heavy (non-hydrogen) atoms. The average Bonchev–Trinajstić information content (AvgIpc) is 3.38. The number of fused-ring (bicyclic) bond motifs is 1. The second-order valence-electron chi connectivity index (χ2n) is 9.04. The third kappa shape index (κ3) is 5.11. The first kappa shape index (κ1) is 23.0. The third-order valence-electron chi connectivity index (χ3n) is 5.47. The maximum Gasteiger partial charge on any atom is 0.407 e. The zero-order valence-electron chi connectivity index (χ0n) is 19.5. The number of nitrogens with zero attached hydrogens (tertiary/aromatic N) is 3. The van der Waals surface area contributed by atoms with Gasteiger partial charge in [0.05, 0.1) is 31.0 Å². The summed E-state index contributed by atoms with van der Waals surface area (Å²) >= 11 is 6.34. The van der Waals surface area contributed by atoms with Crippen molar-refractivity contribution in [1.29, 1.82) is 0 Å². The summed E-state index contributed by atoms with van der Waals surface area (Å²) < 4.78 is 18.2.